The van der Waals surface area contributed by atoms with Crippen molar-refractivity contribution in [1.29, 1.82) is 0 Å². The predicted molar refractivity (Wildman–Crippen MR) is 66.1 cm³/mol. The molecule has 1 aromatic rings. The molecule has 1 aromatic carbocycles. The minimum absolute atomic E-state index is 0.240. The highest BCUT2D eigenvalue weighted by molar-refractivity contribution is 9.10. The Bertz CT molecular complexity index is 455. The van der Waals surface area contributed by atoms with Gasteiger partial charge in [-0.3, -0.25) is 4.79 Å². The largest absolute Gasteiger partial charge is 0.381 e. The first-order valence-electron chi connectivity index (χ1n) is 4.81. The van der Waals surface area contributed by atoms with Crippen LogP contribution < -0.4 is 5.43 Å². The summed E-state index contributed by atoms with van der Waals surface area (Å²) in [5, 5.41) is 12.9. The van der Waals surface area contributed by atoms with Crippen LogP contribution in [0.4, 0.5) is 4.39 Å². The summed E-state index contributed by atoms with van der Waals surface area (Å²) in [6.45, 7) is 2.66. The molecule has 1 amide bonds. The van der Waals surface area contributed by atoms with E-state index in [1.54, 1.807) is 6.07 Å². The van der Waals surface area contributed by atoms with Gasteiger partial charge in [0.2, 0.25) is 0 Å². The van der Waals surface area contributed by atoms with Gasteiger partial charge in [0.25, 0.3) is 5.91 Å². The maximum Gasteiger partial charge on any atom is 0.271 e. The van der Waals surface area contributed by atoms with Gasteiger partial charge in [-0.1, -0.05) is 15.9 Å². The lowest BCUT2D eigenvalue weighted by Crippen LogP contribution is -2.39. The Morgan fingerprint density at radius 1 is 1.59 bits per heavy atom. The molecule has 0 radical (unpaired) electrons. The van der Waals surface area contributed by atoms with E-state index in [4.69, 9.17) is 0 Å². The molecular weight excluding hydrogens is 291 g/mol. The Kier molecular flexibility index (Phi) is 4.36. The number of benzene rings is 1. The van der Waals surface area contributed by atoms with Crippen LogP contribution in [0.5, 0.6) is 0 Å². The number of aliphatic hydroxyl groups is 1. The van der Waals surface area contributed by atoms with E-state index < -0.39 is 17.3 Å². The molecule has 0 bridgehead atoms. The van der Waals surface area contributed by atoms with E-state index in [1.165, 1.54) is 32.2 Å². The monoisotopic (exact) mass is 302 g/mol. The van der Waals surface area contributed by atoms with Crippen molar-refractivity contribution in [3.8, 4) is 0 Å². The fourth-order valence-electron chi connectivity index (χ4n) is 0.903. The predicted octanol–water partition coefficient (Wildman–Crippen LogP) is 1.81. The summed E-state index contributed by atoms with van der Waals surface area (Å²) in [6.07, 6.45) is 1.17. The minimum atomic E-state index is -1.52. The van der Waals surface area contributed by atoms with Gasteiger partial charge < -0.3 is 5.11 Å². The van der Waals surface area contributed by atoms with Crippen LogP contribution in [0.25, 0.3) is 0 Å². The lowest BCUT2D eigenvalue weighted by atomic mass is 10.1. The highest BCUT2D eigenvalue weighted by atomic mass is 79.9. The van der Waals surface area contributed by atoms with E-state index >= 15 is 0 Å². The van der Waals surface area contributed by atoms with Crippen molar-refractivity contribution in [2.24, 2.45) is 5.10 Å². The second kappa shape index (κ2) is 5.37. The van der Waals surface area contributed by atoms with Gasteiger partial charge in [-0.05, 0) is 32.0 Å². The molecule has 17 heavy (non-hydrogen) atoms. The van der Waals surface area contributed by atoms with Gasteiger partial charge in [0.05, 0.1) is 6.21 Å². The maximum atomic E-state index is 13.3. The van der Waals surface area contributed by atoms with Gasteiger partial charge in [-0.25, -0.2) is 9.82 Å². The third-order valence-electron chi connectivity index (χ3n) is 1.89. The van der Waals surface area contributed by atoms with Crippen molar-refractivity contribution in [3.05, 3.63) is 34.1 Å². The number of amides is 1. The lowest BCUT2D eigenvalue weighted by molar-refractivity contribution is -0.136. The molecule has 0 saturated carbocycles. The van der Waals surface area contributed by atoms with Gasteiger partial charge >= 0.3 is 0 Å². The first-order valence-corrected chi connectivity index (χ1v) is 5.61. The highest BCUT2D eigenvalue weighted by Crippen LogP contribution is 2.13. The molecule has 4 nitrogen and oxygen atoms in total. The molecular formula is C11H12BrFN2O2. The van der Waals surface area contributed by atoms with E-state index in [0.717, 1.165) is 0 Å². The lowest BCUT2D eigenvalue weighted by Gasteiger charge is -2.13. The fourth-order valence-corrected chi connectivity index (χ4v) is 1.24. The standard InChI is InChI=1S/C11H12BrFN2O2/c1-11(2,17)10(16)15-14-6-7-3-4-8(12)5-9(7)13/h3-6,17H,1-2H3,(H,15,16)/b14-6-. The normalized spacial score (nSPS) is 11.8. The van der Waals surface area contributed by atoms with Crippen molar-refractivity contribution in [1.82, 2.24) is 5.43 Å². The molecule has 0 atom stereocenters. The Morgan fingerprint density at radius 2 is 2.24 bits per heavy atom. The summed E-state index contributed by atoms with van der Waals surface area (Å²) in [5.41, 5.74) is 0.837. The van der Waals surface area contributed by atoms with E-state index in [1.807, 2.05) is 0 Å². The van der Waals surface area contributed by atoms with Crippen molar-refractivity contribution in [2.45, 2.75) is 19.4 Å². The van der Waals surface area contributed by atoms with Crippen LogP contribution >= 0.6 is 15.9 Å². The molecule has 0 aromatic heterocycles. The molecule has 92 valence electrons. The van der Waals surface area contributed by atoms with Crippen LogP contribution in [0.3, 0.4) is 0 Å². The number of nitrogens with zero attached hydrogens (tertiary/aromatic N) is 1. The van der Waals surface area contributed by atoms with Crippen LogP contribution in [0.1, 0.15) is 19.4 Å². The number of carbonyl (C=O) groups is 1. The van der Waals surface area contributed by atoms with E-state index in [-0.39, 0.29) is 5.56 Å². The summed E-state index contributed by atoms with van der Waals surface area (Å²) in [6, 6.07) is 4.46. The molecule has 1 rings (SSSR count). The zero-order valence-corrected chi connectivity index (χ0v) is 11.0. The summed E-state index contributed by atoms with van der Waals surface area (Å²) >= 11 is 3.13. The molecule has 0 heterocycles. The summed E-state index contributed by atoms with van der Waals surface area (Å²) in [5.74, 6) is -1.12. The molecule has 0 aliphatic heterocycles. The van der Waals surface area contributed by atoms with Crippen LogP contribution in [0.2, 0.25) is 0 Å². The molecule has 0 aliphatic rings. The summed E-state index contributed by atoms with van der Waals surface area (Å²) in [4.78, 5) is 11.2. The minimum Gasteiger partial charge on any atom is -0.381 e. The molecule has 0 fully saturated rings. The van der Waals surface area contributed by atoms with Crippen LogP contribution in [-0.2, 0) is 4.79 Å². The Balaban J connectivity index is 2.69. The number of carbonyl (C=O) groups excluding carboxylic acids is 1. The second-order valence-corrected chi connectivity index (χ2v) is 4.84. The number of hydrogen-bond acceptors (Lipinski definition) is 3. The molecule has 6 heteroatoms. The van der Waals surface area contributed by atoms with Crippen molar-refractivity contribution in [3.63, 3.8) is 0 Å². The van der Waals surface area contributed by atoms with Gasteiger partial charge in [-0.2, -0.15) is 5.10 Å². The summed E-state index contributed by atoms with van der Waals surface area (Å²) in [7, 11) is 0. The van der Waals surface area contributed by atoms with E-state index in [0.29, 0.717) is 4.47 Å². The second-order valence-electron chi connectivity index (χ2n) is 3.92. The average Bonchev–Trinajstić information content (AvgIpc) is 2.19. The Morgan fingerprint density at radius 3 is 2.76 bits per heavy atom. The number of hydrogen-bond donors (Lipinski definition) is 2. The van der Waals surface area contributed by atoms with Crippen LogP contribution in [-0.4, -0.2) is 22.8 Å². The average molecular weight is 303 g/mol. The number of hydrazone groups is 1. The van der Waals surface area contributed by atoms with Crippen LogP contribution in [0.15, 0.2) is 27.8 Å². The fraction of sp³-hybridized carbons (Fsp3) is 0.273. The van der Waals surface area contributed by atoms with Crippen molar-refractivity contribution in [2.75, 3.05) is 0 Å². The number of halogens is 2. The topological polar surface area (TPSA) is 61.7 Å². The van der Waals surface area contributed by atoms with Gasteiger partial charge in [0.1, 0.15) is 11.4 Å². The van der Waals surface area contributed by atoms with Crippen LogP contribution in [0, 0.1) is 5.82 Å². The molecule has 0 saturated heterocycles. The quantitative estimate of drug-likeness (QED) is 0.661. The molecule has 0 unspecified atom stereocenters. The van der Waals surface area contributed by atoms with Crippen molar-refractivity contribution >= 4 is 28.1 Å². The molecule has 0 spiro atoms. The first-order chi connectivity index (χ1) is 7.80. The zero-order chi connectivity index (χ0) is 13.1. The van der Waals surface area contributed by atoms with E-state index in [9.17, 15) is 14.3 Å². The number of nitrogens with one attached hydrogen (secondary N) is 1. The maximum absolute atomic E-state index is 13.3. The highest BCUT2D eigenvalue weighted by Gasteiger charge is 2.22. The van der Waals surface area contributed by atoms with Gasteiger partial charge in [-0.15, -0.1) is 0 Å². The third-order valence-corrected chi connectivity index (χ3v) is 2.38. The number of rotatable bonds is 3. The Labute approximate surface area is 107 Å². The molecule has 2 N–H and O–H groups in total. The summed E-state index contributed by atoms with van der Waals surface area (Å²) < 4.78 is 13.9. The smallest absolute Gasteiger partial charge is 0.271 e. The third kappa shape index (κ3) is 4.24. The Hall–Kier alpha value is -1.27. The van der Waals surface area contributed by atoms with Crippen molar-refractivity contribution < 1.29 is 14.3 Å². The van der Waals surface area contributed by atoms with Gasteiger partial charge in [0, 0.05) is 10.0 Å². The zero-order valence-electron chi connectivity index (χ0n) is 9.37. The SMILES string of the molecule is CC(C)(O)C(=O)N/N=C\c1ccc(Br)cc1F. The van der Waals surface area contributed by atoms with Gasteiger partial charge in [0.15, 0.2) is 0 Å². The first kappa shape index (κ1) is 13.8. The van der Waals surface area contributed by atoms with E-state index in [2.05, 4.69) is 26.5 Å². The molecule has 0 aliphatic carbocycles.